The van der Waals surface area contributed by atoms with E-state index < -0.39 is 0 Å². The van der Waals surface area contributed by atoms with E-state index in [0.717, 1.165) is 23.6 Å². The zero-order chi connectivity index (χ0) is 17.9. The molecule has 0 saturated heterocycles. The molecular formula is C20H21N5O. The zero-order valence-corrected chi connectivity index (χ0v) is 14.9. The lowest BCUT2D eigenvalue weighted by Gasteiger charge is -2.23. The summed E-state index contributed by atoms with van der Waals surface area (Å²) >= 11 is 0. The smallest absolute Gasteiger partial charge is 0.244 e. The molecule has 1 aliphatic heterocycles. The van der Waals surface area contributed by atoms with Crippen molar-refractivity contribution in [2.45, 2.75) is 25.9 Å². The van der Waals surface area contributed by atoms with Gasteiger partial charge in [0.15, 0.2) is 5.82 Å². The van der Waals surface area contributed by atoms with Crippen LogP contribution in [0.2, 0.25) is 0 Å². The van der Waals surface area contributed by atoms with E-state index >= 15 is 0 Å². The van der Waals surface area contributed by atoms with Crippen LogP contribution in [0, 0.1) is 0 Å². The Morgan fingerprint density at radius 2 is 1.96 bits per heavy atom. The van der Waals surface area contributed by atoms with Gasteiger partial charge < -0.3 is 15.0 Å². The second kappa shape index (κ2) is 7.00. The number of aromatic nitrogens is 3. The second-order valence-corrected chi connectivity index (χ2v) is 6.36. The summed E-state index contributed by atoms with van der Waals surface area (Å²) in [5, 5.41) is 11.5. The van der Waals surface area contributed by atoms with Crippen LogP contribution in [-0.4, -0.2) is 28.3 Å². The monoisotopic (exact) mass is 347 g/mol. The van der Waals surface area contributed by atoms with Crippen molar-refractivity contribution in [3.63, 3.8) is 0 Å². The van der Waals surface area contributed by atoms with E-state index in [0.29, 0.717) is 18.5 Å². The van der Waals surface area contributed by atoms with Crippen molar-refractivity contribution < 1.29 is 4.74 Å². The first kappa shape index (κ1) is 16.3. The summed E-state index contributed by atoms with van der Waals surface area (Å²) in [6.45, 7) is 2.77. The van der Waals surface area contributed by atoms with Gasteiger partial charge in [-0.3, -0.25) is 0 Å². The first-order chi connectivity index (χ1) is 12.8. The number of hydrogen-bond acceptors (Lipinski definition) is 6. The number of rotatable bonds is 5. The highest BCUT2D eigenvalue weighted by Crippen LogP contribution is 2.36. The lowest BCUT2D eigenvalue weighted by molar-refractivity contribution is 0.410. The van der Waals surface area contributed by atoms with Crippen LogP contribution in [0.5, 0.6) is 5.75 Å². The van der Waals surface area contributed by atoms with Gasteiger partial charge in [0.2, 0.25) is 5.95 Å². The standard InChI is InChI=1S/C20H21N5O/c1-14-11-15-7-3-5-9-17(15)25(14)19-13-22-24-20(23-19)21-12-16-8-4-6-10-18(16)26-2/h3-10,13-14H,11-12H2,1-2H3,(H,21,23,24). The Balaban J connectivity index is 1.56. The number of nitrogens with zero attached hydrogens (tertiary/aromatic N) is 4. The molecule has 0 fully saturated rings. The molecule has 1 aliphatic rings. The molecule has 0 aliphatic carbocycles. The maximum absolute atomic E-state index is 5.39. The molecule has 6 nitrogen and oxygen atoms in total. The fourth-order valence-electron chi connectivity index (χ4n) is 3.42. The van der Waals surface area contributed by atoms with E-state index in [2.05, 4.69) is 56.6 Å². The molecular weight excluding hydrogens is 326 g/mol. The number of para-hydroxylation sites is 2. The summed E-state index contributed by atoms with van der Waals surface area (Å²) in [5.41, 5.74) is 3.57. The minimum atomic E-state index is 0.339. The van der Waals surface area contributed by atoms with Crippen LogP contribution in [-0.2, 0) is 13.0 Å². The number of ether oxygens (including phenoxy) is 1. The largest absolute Gasteiger partial charge is 0.496 e. The van der Waals surface area contributed by atoms with Gasteiger partial charge in [-0.05, 0) is 31.0 Å². The SMILES string of the molecule is COc1ccccc1CNc1nncc(N2c3ccccc3CC2C)n1. The lowest BCUT2D eigenvalue weighted by Crippen LogP contribution is -2.25. The van der Waals surface area contributed by atoms with E-state index in [-0.39, 0.29) is 0 Å². The average molecular weight is 347 g/mol. The number of nitrogens with one attached hydrogen (secondary N) is 1. The van der Waals surface area contributed by atoms with Gasteiger partial charge in [0.05, 0.1) is 13.3 Å². The highest BCUT2D eigenvalue weighted by atomic mass is 16.5. The molecule has 1 aromatic heterocycles. The predicted octanol–water partition coefficient (Wildman–Crippen LogP) is 3.58. The Morgan fingerprint density at radius 1 is 1.15 bits per heavy atom. The molecule has 0 saturated carbocycles. The van der Waals surface area contributed by atoms with E-state index in [1.54, 1.807) is 13.3 Å². The molecule has 1 unspecified atom stereocenters. The number of hydrogen-bond donors (Lipinski definition) is 1. The van der Waals surface area contributed by atoms with E-state index in [4.69, 9.17) is 4.74 Å². The topological polar surface area (TPSA) is 63.2 Å². The molecule has 26 heavy (non-hydrogen) atoms. The fourth-order valence-corrected chi connectivity index (χ4v) is 3.42. The number of fused-ring (bicyclic) bond motifs is 1. The molecule has 2 aromatic carbocycles. The molecule has 0 amide bonds. The van der Waals surface area contributed by atoms with Gasteiger partial charge in [-0.25, -0.2) is 0 Å². The Bertz CT molecular complexity index is 914. The summed E-state index contributed by atoms with van der Waals surface area (Å²) in [6, 6.07) is 16.7. The number of methoxy groups -OCH3 is 1. The van der Waals surface area contributed by atoms with Crippen LogP contribution < -0.4 is 15.0 Å². The molecule has 1 atom stereocenters. The van der Waals surface area contributed by atoms with Crippen LogP contribution in [0.4, 0.5) is 17.5 Å². The Kier molecular flexibility index (Phi) is 4.39. The van der Waals surface area contributed by atoms with Gasteiger partial charge in [0.25, 0.3) is 0 Å². The maximum Gasteiger partial charge on any atom is 0.244 e. The third-order valence-corrected chi connectivity index (χ3v) is 4.63. The van der Waals surface area contributed by atoms with Crippen LogP contribution in [0.15, 0.2) is 54.7 Å². The van der Waals surface area contributed by atoms with Crippen molar-refractivity contribution in [1.29, 1.82) is 0 Å². The number of anilines is 3. The molecule has 132 valence electrons. The first-order valence-corrected chi connectivity index (χ1v) is 8.69. The van der Waals surface area contributed by atoms with Crippen LogP contribution in [0.3, 0.4) is 0 Å². The van der Waals surface area contributed by atoms with Gasteiger partial charge in [0, 0.05) is 23.8 Å². The van der Waals surface area contributed by atoms with Crippen molar-refractivity contribution in [1.82, 2.24) is 15.2 Å². The average Bonchev–Trinajstić information content (AvgIpc) is 3.02. The molecule has 4 rings (SSSR count). The summed E-state index contributed by atoms with van der Waals surface area (Å²) in [4.78, 5) is 6.90. The highest BCUT2D eigenvalue weighted by molar-refractivity contribution is 5.68. The van der Waals surface area contributed by atoms with E-state index in [9.17, 15) is 0 Å². The minimum Gasteiger partial charge on any atom is -0.496 e. The summed E-state index contributed by atoms with van der Waals surface area (Å²) in [5.74, 6) is 2.15. The molecule has 2 heterocycles. The zero-order valence-electron chi connectivity index (χ0n) is 14.9. The van der Waals surface area contributed by atoms with Gasteiger partial charge in [-0.1, -0.05) is 36.4 Å². The molecule has 3 aromatic rings. The maximum atomic E-state index is 5.39. The lowest BCUT2D eigenvalue weighted by atomic mass is 10.1. The Labute approximate surface area is 152 Å². The highest BCUT2D eigenvalue weighted by Gasteiger charge is 2.28. The van der Waals surface area contributed by atoms with Gasteiger partial charge in [0.1, 0.15) is 5.75 Å². The van der Waals surface area contributed by atoms with Gasteiger partial charge >= 0.3 is 0 Å². The summed E-state index contributed by atoms with van der Waals surface area (Å²) in [7, 11) is 1.67. The van der Waals surface area contributed by atoms with Crippen molar-refractivity contribution in [2.75, 3.05) is 17.3 Å². The summed E-state index contributed by atoms with van der Waals surface area (Å²) in [6.07, 6.45) is 2.72. The van der Waals surface area contributed by atoms with Crippen LogP contribution in [0.1, 0.15) is 18.1 Å². The second-order valence-electron chi connectivity index (χ2n) is 6.36. The molecule has 6 heteroatoms. The van der Waals surface area contributed by atoms with E-state index in [1.165, 1.54) is 11.3 Å². The van der Waals surface area contributed by atoms with Crippen LogP contribution >= 0.6 is 0 Å². The van der Waals surface area contributed by atoms with Crippen molar-refractivity contribution in [2.24, 2.45) is 0 Å². The number of benzene rings is 2. The third kappa shape index (κ3) is 3.06. The van der Waals surface area contributed by atoms with Gasteiger partial charge in [-0.15, -0.1) is 5.10 Å². The normalized spacial score (nSPS) is 15.6. The first-order valence-electron chi connectivity index (χ1n) is 8.69. The Morgan fingerprint density at radius 3 is 2.85 bits per heavy atom. The molecule has 0 spiro atoms. The fraction of sp³-hybridized carbons (Fsp3) is 0.250. The van der Waals surface area contributed by atoms with Crippen molar-refractivity contribution in [3.8, 4) is 5.75 Å². The molecule has 1 N–H and O–H groups in total. The predicted molar refractivity (Wildman–Crippen MR) is 102 cm³/mol. The Hall–Kier alpha value is -3.15. The quantitative estimate of drug-likeness (QED) is 0.761. The van der Waals surface area contributed by atoms with Crippen LogP contribution in [0.25, 0.3) is 0 Å². The van der Waals surface area contributed by atoms with Crippen molar-refractivity contribution >= 4 is 17.5 Å². The third-order valence-electron chi connectivity index (χ3n) is 4.63. The summed E-state index contributed by atoms with van der Waals surface area (Å²) < 4.78 is 5.39. The van der Waals surface area contributed by atoms with Crippen molar-refractivity contribution in [3.05, 3.63) is 65.9 Å². The minimum absolute atomic E-state index is 0.339. The van der Waals surface area contributed by atoms with Gasteiger partial charge in [-0.2, -0.15) is 10.1 Å². The molecule has 0 bridgehead atoms. The van der Waals surface area contributed by atoms with E-state index in [1.807, 2.05) is 24.3 Å². The molecule has 0 radical (unpaired) electrons.